The third kappa shape index (κ3) is 3.76. The van der Waals surface area contributed by atoms with Crippen LogP contribution in [0, 0.1) is 10.1 Å². The van der Waals surface area contributed by atoms with Gasteiger partial charge in [0, 0.05) is 10.6 Å². The number of halogens is 1. The fourth-order valence-electron chi connectivity index (χ4n) is 2.52. The Bertz CT molecular complexity index is 1070. The molecule has 1 heterocycles. The third-order valence-electron chi connectivity index (χ3n) is 3.88. The predicted molar refractivity (Wildman–Crippen MR) is 99.2 cm³/mol. The van der Waals surface area contributed by atoms with Crippen molar-refractivity contribution in [1.82, 2.24) is 14.7 Å². The predicted octanol–water partition coefficient (Wildman–Crippen LogP) is 2.59. The van der Waals surface area contributed by atoms with Gasteiger partial charge in [-0.3, -0.25) is 4.99 Å². The standard InChI is InChI=1S/C17H16ClN5O5/c1-27-14-7-8-15(28-2)11(9-14)10-19-16-17(23(25)26)20-21(22(16)24)13-5-3-12(18)4-6-13/h3-9,24H,10H2,1-2H3. The van der Waals surface area contributed by atoms with Gasteiger partial charge in [0.2, 0.25) is 0 Å². The molecule has 0 unspecified atom stereocenters. The molecule has 0 aliphatic heterocycles. The van der Waals surface area contributed by atoms with E-state index < -0.39 is 10.7 Å². The summed E-state index contributed by atoms with van der Waals surface area (Å²) in [6, 6.07) is 11.4. The molecule has 0 amide bonds. The van der Waals surface area contributed by atoms with Gasteiger partial charge in [0.25, 0.3) is 5.49 Å². The summed E-state index contributed by atoms with van der Waals surface area (Å²) in [4.78, 5) is 16.3. The van der Waals surface area contributed by atoms with Crippen LogP contribution < -0.4 is 15.0 Å². The van der Waals surface area contributed by atoms with E-state index in [0.29, 0.717) is 32.6 Å². The molecule has 3 rings (SSSR count). The van der Waals surface area contributed by atoms with E-state index in [4.69, 9.17) is 21.1 Å². The first-order valence-corrected chi connectivity index (χ1v) is 8.35. The molecule has 0 saturated carbocycles. The number of benzene rings is 2. The van der Waals surface area contributed by atoms with E-state index in [-0.39, 0.29) is 12.0 Å². The molecule has 0 atom stereocenters. The SMILES string of the molecule is COc1ccc(OC)c(CN=c2c([N+](=O)[O-])nn(-c3ccc(Cl)cc3)n2O)c1. The van der Waals surface area contributed by atoms with E-state index in [1.807, 2.05) is 0 Å². The van der Waals surface area contributed by atoms with Crippen molar-refractivity contribution < 1.29 is 19.6 Å². The first-order valence-electron chi connectivity index (χ1n) is 7.98. The van der Waals surface area contributed by atoms with Gasteiger partial charge in [0.15, 0.2) is 0 Å². The minimum absolute atomic E-state index is 0.00587. The van der Waals surface area contributed by atoms with Crippen LogP contribution in [0.15, 0.2) is 47.5 Å². The van der Waals surface area contributed by atoms with Gasteiger partial charge in [-0.1, -0.05) is 16.4 Å². The second-order valence-electron chi connectivity index (χ2n) is 5.55. The minimum atomic E-state index is -0.721. The molecule has 3 aromatic rings. The van der Waals surface area contributed by atoms with Crippen molar-refractivity contribution in [3.63, 3.8) is 0 Å². The van der Waals surface area contributed by atoms with Crippen LogP contribution in [0.3, 0.4) is 0 Å². The summed E-state index contributed by atoms with van der Waals surface area (Å²) < 4.78 is 10.5. The Kier molecular flexibility index (Phi) is 5.50. The van der Waals surface area contributed by atoms with Crippen LogP contribution in [0.5, 0.6) is 11.5 Å². The molecule has 0 fully saturated rings. The lowest BCUT2D eigenvalue weighted by molar-refractivity contribution is -0.391. The normalized spacial score (nSPS) is 11.5. The molecule has 1 aromatic heterocycles. The molecule has 10 nitrogen and oxygen atoms in total. The second-order valence-corrected chi connectivity index (χ2v) is 5.99. The number of rotatable bonds is 6. The zero-order valence-corrected chi connectivity index (χ0v) is 15.7. The van der Waals surface area contributed by atoms with Gasteiger partial charge in [0.05, 0.1) is 25.9 Å². The minimum Gasteiger partial charge on any atom is -0.497 e. The number of ether oxygens (including phenoxy) is 2. The van der Waals surface area contributed by atoms with Crippen molar-refractivity contribution in [3.05, 3.63) is 68.7 Å². The molecule has 0 spiro atoms. The van der Waals surface area contributed by atoms with Gasteiger partial charge >= 0.3 is 5.82 Å². The van der Waals surface area contributed by atoms with E-state index in [1.165, 1.54) is 14.2 Å². The van der Waals surface area contributed by atoms with E-state index >= 15 is 0 Å². The van der Waals surface area contributed by atoms with E-state index in [0.717, 1.165) is 4.80 Å². The van der Waals surface area contributed by atoms with Crippen LogP contribution in [0.2, 0.25) is 5.02 Å². The zero-order chi connectivity index (χ0) is 20.3. The maximum absolute atomic E-state index is 11.4. The van der Waals surface area contributed by atoms with Gasteiger partial charge in [-0.2, -0.15) is 0 Å². The number of hydrogen-bond donors (Lipinski definition) is 1. The molecule has 0 radical (unpaired) electrons. The smallest absolute Gasteiger partial charge is 0.438 e. The average molecular weight is 406 g/mol. The highest BCUT2D eigenvalue weighted by Gasteiger charge is 2.24. The highest BCUT2D eigenvalue weighted by molar-refractivity contribution is 6.30. The van der Waals surface area contributed by atoms with Crippen molar-refractivity contribution in [1.29, 1.82) is 0 Å². The van der Waals surface area contributed by atoms with Gasteiger partial charge in [0.1, 0.15) is 17.2 Å². The van der Waals surface area contributed by atoms with Crippen LogP contribution in [0.25, 0.3) is 5.69 Å². The summed E-state index contributed by atoms with van der Waals surface area (Å²) in [5, 5.41) is 26.1. The Labute approximate surface area is 163 Å². The molecular formula is C17H16ClN5O5. The Morgan fingerprint density at radius 2 is 1.93 bits per heavy atom. The molecule has 1 N–H and O–H groups in total. The number of methoxy groups -OCH3 is 2. The summed E-state index contributed by atoms with van der Waals surface area (Å²) in [5.41, 5.74) is 0.677. The van der Waals surface area contributed by atoms with Crippen molar-refractivity contribution in [3.8, 4) is 17.2 Å². The van der Waals surface area contributed by atoms with Gasteiger partial charge in [-0.15, -0.1) is 0 Å². The lowest BCUT2D eigenvalue weighted by atomic mass is 10.2. The highest BCUT2D eigenvalue weighted by atomic mass is 35.5. The van der Waals surface area contributed by atoms with E-state index in [1.54, 1.807) is 42.5 Å². The van der Waals surface area contributed by atoms with Gasteiger partial charge in [-0.25, -0.2) is 0 Å². The first-order chi connectivity index (χ1) is 13.4. The maximum atomic E-state index is 11.4. The Morgan fingerprint density at radius 3 is 2.54 bits per heavy atom. The summed E-state index contributed by atoms with van der Waals surface area (Å²) in [6.45, 7) is -0.00587. The van der Waals surface area contributed by atoms with Crippen molar-refractivity contribution in [2.75, 3.05) is 14.2 Å². The summed E-state index contributed by atoms with van der Waals surface area (Å²) in [7, 11) is 3.02. The number of nitrogens with zero attached hydrogens (tertiary/aromatic N) is 5. The van der Waals surface area contributed by atoms with Gasteiger partial charge in [-0.05, 0) is 52.2 Å². The lowest BCUT2D eigenvalue weighted by Gasteiger charge is -2.08. The van der Waals surface area contributed by atoms with Crippen molar-refractivity contribution >= 4 is 17.4 Å². The molecular weight excluding hydrogens is 390 g/mol. The van der Waals surface area contributed by atoms with Crippen LogP contribution in [0.4, 0.5) is 5.82 Å². The van der Waals surface area contributed by atoms with Gasteiger partial charge < -0.3 is 24.8 Å². The molecule has 0 bridgehead atoms. The molecule has 2 aromatic carbocycles. The average Bonchev–Trinajstić information content (AvgIpc) is 3.03. The monoisotopic (exact) mass is 405 g/mol. The molecule has 146 valence electrons. The second kappa shape index (κ2) is 8.01. The largest absolute Gasteiger partial charge is 0.497 e. The number of hydrogen-bond acceptors (Lipinski definition) is 7. The topological polar surface area (TPSA) is 117 Å². The Balaban J connectivity index is 2.08. The molecule has 0 aliphatic carbocycles. The maximum Gasteiger partial charge on any atom is 0.438 e. The summed E-state index contributed by atoms with van der Waals surface area (Å²) in [6.07, 6.45) is 0. The molecule has 0 saturated heterocycles. The lowest BCUT2D eigenvalue weighted by Crippen LogP contribution is -2.22. The Morgan fingerprint density at radius 1 is 1.21 bits per heavy atom. The first kappa shape index (κ1) is 19.2. The van der Waals surface area contributed by atoms with E-state index in [9.17, 15) is 15.3 Å². The van der Waals surface area contributed by atoms with Crippen LogP contribution >= 0.6 is 11.6 Å². The van der Waals surface area contributed by atoms with Crippen LogP contribution in [-0.4, -0.2) is 39.1 Å². The Hall–Kier alpha value is -3.53. The molecule has 11 heteroatoms. The molecule has 0 aliphatic rings. The van der Waals surface area contributed by atoms with Crippen molar-refractivity contribution in [2.45, 2.75) is 6.54 Å². The van der Waals surface area contributed by atoms with Crippen molar-refractivity contribution in [2.24, 2.45) is 4.99 Å². The summed E-state index contributed by atoms with van der Waals surface area (Å²) in [5.74, 6) is 0.510. The van der Waals surface area contributed by atoms with E-state index in [2.05, 4.69) is 10.1 Å². The fraction of sp³-hybridized carbons (Fsp3) is 0.176. The quantitative estimate of drug-likeness (QED) is 0.382. The molecule has 28 heavy (non-hydrogen) atoms. The third-order valence-corrected chi connectivity index (χ3v) is 4.13. The van der Waals surface area contributed by atoms with Crippen LogP contribution in [0.1, 0.15) is 5.56 Å². The fourth-order valence-corrected chi connectivity index (χ4v) is 2.64. The van der Waals surface area contributed by atoms with Crippen LogP contribution in [-0.2, 0) is 6.54 Å². The zero-order valence-electron chi connectivity index (χ0n) is 14.9. The number of aromatic nitrogens is 3. The summed E-state index contributed by atoms with van der Waals surface area (Å²) >= 11 is 5.85. The highest BCUT2D eigenvalue weighted by Crippen LogP contribution is 2.24. The number of nitro groups is 1.